The molecule has 1 aliphatic heterocycles. The molecule has 8 nitrogen and oxygen atoms in total. The van der Waals surface area contributed by atoms with Gasteiger partial charge in [-0.05, 0) is 68.2 Å². The topological polar surface area (TPSA) is 86.3 Å². The Hall–Kier alpha value is -3.68. The van der Waals surface area contributed by atoms with E-state index in [1.54, 1.807) is 41.3 Å². The zero-order chi connectivity index (χ0) is 26.5. The molecule has 1 aliphatic rings. The van der Waals surface area contributed by atoms with Crippen LogP contribution in [0.15, 0.2) is 36.4 Å². The Kier molecular flexibility index (Phi) is 8.50. The van der Waals surface area contributed by atoms with Gasteiger partial charge in [-0.15, -0.1) is 0 Å². The van der Waals surface area contributed by atoms with Crippen molar-refractivity contribution in [3.05, 3.63) is 42.0 Å². The van der Waals surface area contributed by atoms with Crippen LogP contribution in [0.4, 0.5) is 11.4 Å². The van der Waals surface area contributed by atoms with E-state index in [9.17, 15) is 9.59 Å². The van der Waals surface area contributed by atoms with Gasteiger partial charge in [0.25, 0.3) is 0 Å². The van der Waals surface area contributed by atoms with E-state index in [0.29, 0.717) is 59.0 Å². The van der Waals surface area contributed by atoms with Crippen LogP contribution >= 0.6 is 0 Å². The number of hydrogen-bond acceptors (Lipinski definition) is 6. The largest absolute Gasteiger partial charge is 0.493 e. The molecule has 8 heteroatoms. The number of amides is 2. The number of nitrogens with zero attached hydrogens (tertiary/aromatic N) is 1. The molecule has 0 aromatic heterocycles. The normalized spacial score (nSPS) is 14.8. The van der Waals surface area contributed by atoms with Gasteiger partial charge in [0.1, 0.15) is 12.4 Å². The number of carbonyl (C=O) groups is 2. The van der Waals surface area contributed by atoms with E-state index in [1.807, 2.05) is 13.8 Å². The zero-order valence-corrected chi connectivity index (χ0v) is 22.1. The molecule has 194 valence electrons. The first-order valence-corrected chi connectivity index (χ1v) is 12.0. The van der Waals surface area contributed by atoms with E-state index in [0.717, 1.165) is 6.42 Å². The van der Waals surface area contributed by atoms with Gasteiger partial charge >= 0.3 is 0 Å². The number of ether oxygens (including phenoxy) is 4. The summed E-state index contributed by atoms with van der Waals surface area (Å²) in [6.45, 7) is 8.90. The molecule has 0 fully saturated rings. The Morgan fingerprint density at radius 2 is 1.78 bits per heavy atom. The Morgan fingerprint density at radius 1 is 1.11 bits per heavy atom. The summed E-state index contributed by atoms with van der Waals surface area (Å²) in [7, 11) is 4.61. The number of methoxy groups -OCH3 is 3. The quantitative estimate of drug-likeness (QED) is 0.483. The smallest absolute Gasteiger partial charge is 0.248 e. The highest BCUT2D eigenvalue weighted by molar-refractivity contribution is 6.04. The number of carbonyl (C=O) groups excluding carboxylic acids is 2. The lowest BCUT2D eigenvalue weighted by molar-refractivity contribution is -0.127. The zero-order valence-electron chi connectivity index (χ0n) is 22.1. The van der Waals surface area contributed by atoms with Gasteiger partial charge in [0.05, 0.1) is 32.4 Å². The van der Waals surface area contributed by atoms with E-state index >= 15 is 0 Å². The van der Waals surface area contributed by atoms with Crippen molar-refractivity contribution in [1.82, 2.24) is 0 Å². The van der Waals surface area contributed by atoms with Crippen molar-refractivity contribution < 1.29 is 28.5 Å². The molecule has 3 rings (SSSR count). The minimum Gasteiger partial charge on any atom is -0.493 e. The van der Waals surface area contributed by atoms with Crippen LogP contribution in [0.3, 0.4) is 0 Å². The maximum absolute atomic E-state index is 13.3. The summed E-state index contributed by atoms with van der Waals surface area (Å²) in [6.07, 6.45) is 3.94. The van der Waals surface area contributed by atoms with E-state index in [4.69, 9.17) is 18.9 Å². The van der Waals surface area contributed by atoms with Crippen molar-refractivity contribution in [2.24, 2.45) is 11.3 Å². The summed E-state index contributed by atoms with van der Waals surface area (Å²) in [5.41, 5.74) is 1.29. The van der Waals surface area contributed by atoms with Crippen LogP contribution < -0.4 is 29.2 Å². The standard InChI is InChI=1S/C28H36N2O6/c1-18(2)12-13-30-21-16-20(9-10-22(21)36-17-28(3,4)27(30)32)29-25(31)11-8-19-14-23(33-5)26(35-7)24(15-19)34-6/h8-11,14-16,18H,12-13,17H2,1-7H3,(H,29,31)/b11-8+. The number of benzene rings is 2. The molecule has 0 atom stereocenters. The average Bonchev–Trinajstić information content (AvgIpc) is 2.94. The van der Waals surface area contributed by atoms with Gasteiger partial charge in [0, 0.05) is 18.3 Å². The van der Waals surface area contributed by atoms with Crippen molar-refractivity contribution in [2.75, 3.05) is 44.7 Å². The molecule has 1 N–H and O–H groups in total. The van der Waals surface area contributed by atoms with Crippen molar-refractivity contribution in [2.45, 2.75) is 34.1 Å². The summed E-state index contributed by atoms with van der Waals surface area (Å²) in [5.74, 6) is 2.23. The molecule has 0 bridgehead atoms. The molecule has 2 amide bonds. The third-order valence-corrected chi connectivity index (χ3v) is 5.97. The molecule has 0 unspecified atom stereocenters. The van der Waals surface area contributed by atoms with Crippen molar-refractivity contribution in [1.29, 1.82) is 0 Å². The lowest BCUT2D eigenvalue weighted by Gasteiger charge is -2.28. The minimum atomic E-state index is -0.650. The van der Waals surface area contributed by atoms with Gasteiger partial charge in [-0.25, -0.2) is 0 Å². The average molecular weight is 497 g/mol. The van der Waals surface area contributed by atoms with E-state index < -0.39 is 5.41 Å². The number of hydrogen-bond donors (Lipinski definition) is 1. The fourth-order valence-electron chi connectivity index (χ4n) is 3.89. The molecule has 0 radical (unpaired) electrons. The summed E-state index contributed by atoms with van der Waals surface area (Å²) >= 11 is 0. The van der Waals surface area contributed by atoms with Crippen LogP contribution in [0, 0.1) is 11.3 Å². The molecule has 1 heterocycles. The molecule has 0 spiro atoms. The van der Waals surface area contributed by atoms with Crippen molar-refractivity contribution >= 4 is 29.3 Å². The first kappa shape index (κ1) is 26.9. The number of nitrogens with one attached hydrogen (secondary N) is 1. The Balaban J connectivity index is 1.83. The first-order valence-electron chi connectivity index (χ1n) is 12.0. The van der Waals surface area contributed by atoms with Crippen LogP contribution in [0.25, 0.3) is 6.08 Å². The predicted octanol–water partition coefficient (Wildman–Crippen LogP) is 5.16. The highest BCUT2D eigenvalue weighted by Gasteiger charge is 2.37. The Morgan fingerprint density at radius 3 is 2.36 bits per heavy atom. The van der Waals surface area contributed by atoms with Crippen LogP contribution in [0.2, 0.25) is 0 Å². The van der Waals surface area contributed by atoms with Gasteiger partial charge in [-0.1, -0.05) is 13.8 Å². The second kappa shape index (κ2) is 11.4. The van der Waals surface area contributed by atoms with Crippen LogP contribution in [-0.2, 0) is 9.59 Å². The summed E-state index contributed by atoms with van der Waals surface area (Å²) in [5, 5.41) is 2.88. The number of fused-ring (bicyclic) bond motifs is 1. The summed E-state index contributed by atoms with van der Waals surface area (Å²) in [6, 6.07) is 8.87. The van der Waals surface area contributed by atoms with Crippen molar-refractivity contribution in [3.8, 4) is 23.0 Å². The number of rotatable bonds is 9. The van der Waals surface area contributed by atoms with Gasteiger partial charge < -0.3 is 29.2 Å². The van der Waals surface area contributed by atoms with Crippen LogP contribution in [0.1, 0.15) is 39.7 Å². The van der Waals surface area contributed by atoms with E-state index in [1.165, 1.54) is 27.4 Å². The third-order valence-electron chi connectivity index (χ3n) is 5.97. The van der Waals surface area contributed by atoms with Gasteiger partial charge in [-0.2, -0.15) is 0 Å². The molecule has 2 aromatic rings. The summed E-state index contributed by atoms with van der Waals surface area (Å²) < 4.78 is 22.1. The highest BCUT2D eigenvalue weighted by Crippen LogP contribution is 2.39. The lowest BCUT2D eigenvalue weighted by Crippen LogP contribution is -2.42. The molecular weight excluding hydrogens is 460 g/mol. The molecule has 0 saturated heterocycles. The molecule has 2 aromatic carbocycles. The maximum Gasteiger partial charge on any atom is 0.248 e. The monoisotopic (exact) mass is 496 g/mol. The fourth-order valence-corrected chi connectivity index (χ4v) is 3.89. The van der Waals surface area contributed by atoms with Crippen LogP contribution in [0.5, 0.6) is 23.0 Å². The lowest BCUT2D eigenvalue weighted by atomic mass is 9.92. The second-order valence-corrected chi connectivity index (χ2v) is 9.78. The molecule has 36 heavy (non-hydrogen) atoms. The fraction of sp³-hybridized carbons (Fsp3) is 0.429. The summed E-state index contributed by atoms with van der Waals surface area (Å²) in [4.78, 5) is 27.8. The first-order chi connectivity index (χ1) is 17.1. The maximum atomic E-state index is 13.3. The van der Waals surface area contributed by atoms with Gasteiger partial charge in [0.2, 0.25) is 17.6 Å². The van der Waals surface area contributed by atoms with E-state index in [2.05, 4.69) is 19.2 Å². The molecule has 0 saturated carbocycles. The van der Waals surface area contributed by atoms with Crippen LogP contribution in [-0.4, -0.2) is 46.3 Å². The van der Waals surface area contributed by atoms with Gasteiger partial charge in [-0.3, -0.25) is 9.59 Å². The Bertz CT molecular complexity index is 1110. The molecule has 0 aliphatic carbocycles. The van der Waals surface area contributed by atoms with E-state index in [-0.39, 0.29) is 11.8 Å². The predicted molar refractivity (Wildman–Crippen MR) is 141 cm³/mol. The van der Waals surface area contributed by atoms with Crippen molar-refractivity contribution in [3.63, 3.8) is 0 Å². The number of anilines is 2. The molecular formula is C28H36N2O6. The van der Waals surface area contributed by atoms with Gasteiger partial charge in [0.15, 0.2) is 11.5 Å². The highest BCUT2D eigenvalue weighted by atomic mass is 16.5. The Labute approximate surface area is 213 Å². The minimum absolute atomic E-state index is 0.00710. The SMILES string of the molecule is COc1cc(/C=C/C(=O)Nc2ccc3c(c2)N(CCC(C)C)C(=O)C(C)(C)CO3)cc(OC)c1OC. The second-order valence-electron chi connectivity index (χ2n) is 9.78. The third kappa shape index (κ3) is 6.11.